The van der Waals surface area contributed by atoms with Gasteiger partial charge in [-0.15, -0.1) is 0 Å². The fourth-order valence-electron chi connectivity index (χ4n) is 3.53. The number of aliphatic hydroxyl groups excluding tert-OH is 1. The molecule has 1 heterocycles. The number of rotatable bonds is 3. The van der Waals surface area contributed by atoms with E-state index in [1.807, 2.05) is 18.2 Å². The molecule has 0 spiro atoms. The smallest absolute Gasteiger partial charge is 0.123 e. The monoisotopic (exact) mass is 266 g/mol. The molecule has 0 amide bonds. The molecule has 3 unspecified atom stereocenters. The Labute approximate surface area is 119 Å². The average molecular weight is 266 g/mol. The first-order valence-electron chi connectivity index (χ1n) is 7.30. The fraction of sp³-hybridized carbons (Fsp3) is 0.333. The Hall–Kier alpha value is -1.80. The van der Waals surface area contributed by atoms with Crippen LogP contribution in [0.2, 0.25) is 0 Å². The van der Waals surface area contributed by atoms with E-state index >= 15 is 0 Å². The molecule has 0 radical (unpaired) electrons. The van der Waals surface area contributed by atoms with Gasteiger partial charge in [-0.05, 0) is 36.0 Å². The maximum atomic E-state index is 10.6. The summed E-state index contributed by atoms with van der Waals surface area (Å²) in [5, 5.41) is 10.6. The predicted octanol–water partition coefficient (Wildman–Crippen LogP) is 3.25. The zero-order valence-electron chi connectivity index (χ0n) is 11.3. The summed E-state index contributed by atoms with van der Waals surface area (Å²) < 4.78 is 5.67. The van der Waals surface area contributed by atoms with Crippen molar-refractivity contribution in [3.63, 3.8) is 0 Å². The third-order valence-electron chi connectivity index (χ3n) is 4.69. The van der Waals surface area contributed by atoms with Gasteiger partial charge < -0.3 is 9.84 Å². The van der Waals surface area contributed by atoms with Crippen LogP contribution in [0, 0.1) is 0 Å². The van der Waals surface area contributed by atoms with Gasteiger partial charge in [0, 0.05) is 11.5 Å². The SMILES string of the molecule is OC(CC1Cc2ccccc21)C1COc2ccccc21. The van der Waals surface area contributed by atoms with Gasteiger partial charge in [-0.2, -0.15) is 0 Å². The lowest BCUT2D eigenvalue weighted by Crippen LogP contribution is -2.27. The van der Waals surface area contributed by atoms with E-state index in [9.17, 15) is 5.11 Å². The largest absolute Gasteiger partial charge is 0.493 e. The van der Waals surface area contributed by atoms with Crippen LogP contribution in [-0.4, -0.2) is 17.8 Å². The molecule has 3 atom stereocenters. The van der Waals surface area contributed by atoms with E-state index in [2.05, 4.69) is 30.3 Å². The van der Waals surface area contributed by atoms with Crippen LogP contribution in [0.25, 0.3) is 0 Å². The number of benzene rings is 2. The average Bonchev–Trinajstić information content (AvgIpc) is 2.88. The zero-order chi connectivity index (χ0) is 13.5. The lowest BCUT2D eigenvalue weighted by Gasteiger charge is -2.32. The lowest BCUT2D eigenvalue weighted by atomic mass is 9.73. The Balaban J connectivity index is 1.49. The molecular formula is C18H18O2. The molecule has 1 N–H and O–H groups in total. The van der Waals surface area contributed by atoms with E-state index in [4.69, 9.17) is 4.74 Å². The maximum absolute atomic E-state index is 10.6. The molecule has 2 aromatic carbocycles. The summed E-state index contributed by atoms with van der Waals surface area (Å²) in [7, 11) is 0. The summed E-state index contributed by atoms with van der Waals surface area (Å²) in [5.74, 6) is 1.57. The molecule has 4 rings (SSSR count). The van der Waals surface area contributed by atoms with E-state index < -0.39 is 0 Å². The van der Waals surface area contributed by atoms with Crippen molar-refractivity contribution in [3.8, 4) is 5.75 Å². The van der Waals surface area contributed by atoms with Crippen LogP contribution < -0.4 is 4.74 Å². The topological polar surface area (TPSA) is 29.5 Å². The molecule has 0 saturated heterocycles. The second-order valence-electron chi connectivity index (χ2n) is 5.86. The second kappa shape index (κ2) is 4.64. The molecule has 2 aromatic rings. The van der Waals surface area contributed by atoms with Crippen LogP contribution in [0.3, 0.4) is 0 Å². The maximum Gasteiger partial charge on any atom is 0.123 e. The van der Waals surface area contributed by atoms with Gasteiger partial charge in [0.25, 0.3) is 0 Å². The molecule has 102 valence electrons. The summed E-state index contributed by atoms with van der Waals surface area (Å²) in [6.07, 6.45) is 1.61. The summed E-state index contributed by atoms with van der Waals surface area (Å²) in [4.78, 5) is 0. The van der Waals surface area contributed by atoms with Crippen molar-refractivity contribution in [2.75, 3.05) is 6.61 Å². The molecule has 1 aliphatic carbocycles. The van der Waals surface area contributed by atoms with Crippen molar-refractivity contribution >= 4 is 0 Å². The number of aliphatic hydroxyl groups is 1. The van der Waals surface area contributed by atoms with Gasteiger partial charge in [0.1, 0.15) is 5.75 Å². The van der Waals surface area contributed by atoms with Crippen LogP contribution in [0.15, 0.2) is 48.5 Å². The minimum absolute atomic E-state index is 0.124. The summed E-state index contributed by atoms with van der Waals surface area (Å²) >= 11 is 0. The van der Waals surface area contributed by atoms with Crippen molar-refractivity contribution in [2.24, 2.45) is 0 Å². The van der Waals surface area contributed by atoms with Crippen molar-refractivity contribution in [2.45, 2.75) is 30.8 Å². The summed E-state index contributed by atoms with van der Waals surface area (Å²) in [5.41, 5.74) is 4.01. The fourth-order valence-corrected chi connectivity index (χ4v) is 3.53. The highest BCUT2D eigenvalue weighted by Gasteiger charge is 2.34. The Morgan fingerprint density at radius 1 is 1.05 bits per heavy atom. The molecule has 0 fully saturated rings. The first kappa shape index (κ1) is 12.0. The number of hydrogen-bond acceptors (Lipinski definition) is 2. The van der Waals surface area contributed by atoms with Crippen molar-refractivity contribution < 1.29 is 9.84 Å². The van der Waals surface area contributed by atoms with Gasteiger partial charge in [0.05, 0.1) is 12.7 Å². The molecule has 1 aliphatic heterocycles. The normalized spacial score (nSPS) is 24.2. The summed E-state index contributed by atoms with van der Waals surface area (Å²) in [6, 6.07) is 16.6. The summed E-state index contributed by atoms with van der Waals surface area (Å²) in [6.45, 7) is 0.606. The molecule has 2 nitrogen and oxygen atoms in total. The predicted molar refractivity (Wildman–Crippen MR) is 78.2 cm³/mol. The molecule has 0 bridgehead atoms. The number of fused-ring (bicyclic) bond motifs is 2. The highest BCUT2D eigenvalue weighted by Crippen LogP contribution is 2.42. The van der Waals surface area contributed by atoms with Crippen LogP contribution in [-0.2, 0) is 6.42 Å². The lowest BCUT2D eigenvalue weighted by molar-refractivity contribution is 0.110. The second-order valence-corrected chi connectivity index (χ2v) is 5.86. The quantitative estimate of drug-likeness (QED) is 0.924. The number of ether oxygens (including phenoxy) is 1. The Bertz CT molecular complexity index is 635. The van der Waals surface area contributed by atoms with E-state index in [1.54, 1.807) is 0 Å². The van der Waals surface area contributed by atoms with Crippen LogP contribution in [0.4, 0.5) is 0 Å². The van der Waals surface area contributed by atoms with Crippen molar-refractivity contribution in [1.82, 2.24) is 0 Å². The Morgan fingerprint density at radius 3 is 2.65 bits per heavy atom. The minimum atomic E-state index is -0.322. The molecule has 2 heteroatoms. The number of para-hydroxylation sites is 1. The third-order valence-corrected chi connectivity index (χ3v) is 4.69. The standard InChI is InChI=1S/C18H18O2/c19-17(10-13-9-12-5-1-2-6-14(12)13)16-11-20-18-8-4-3-7-15(16)18/h1-8,13,16-17,19H,9-11H2. The van der Waals surface area contributed by atoms with Gasteiger partial charge in [-0.1, -0.05) is 42.5 Å². The highest BCUT2D eigenvalue weighted by molar-refractivity contribution is 5.42. The van der Waals surface area contributed by atoms with E-state index in [-0.39, 0.29) is 12.0 Å². The molecule has 20 heavy (non-hydrogen) atoms. The zero-order valence-corrected chi connectivity index (χ0v) is 11.3. The highest BCUT2D eigenvalue weighted by atomic mass is 16.5. The van der Waals surface area contributed by atoms with Crippen molar-refractivity contribution in [3.05, 3.63) is 65.2 Å². The van der Waals surface area contributed by atoms with Crippen LogP contribution in [0.1, 0.15) is 34.9 Å². The van der Waals surface area contributed by atoms with Crippen LogP contribution >= 0.6 is 0 Å². The Morgan fingerprint density at radius 2 is 1.80 bits per heavy atom. The molecular weight excluding hydrogens is 248 g/mol. The molecule has 2 aliphatic rings. The Kier molecular flexibility index (Phi) is 2.78. The van der Waals surface area contributed by atoms with E-state index in [0.717, 1.165) is 24.2 Å². The first-order valence-corrected chi connectivity index (χ1v) is 7.30. The van der Waals surface area contributed by atoms with Gasteiger partial charge in [-0.25, -0.2) is 0 Å². The van der Waals surface area contributed by atoms with Crippen molar-refractivity contribution in [1.29, 1.82) is 0 Å². The van der Waals surface area contributed by atoms with Crippen LogP contribution in [0.5, 0.6) is 5.75 Å². The van der Waals surface area contributed by atoms with Gasteiger partial charge >= 0.3 is 0 Å². The minimum Gasteiger partial charge on any atom is -0.493 e. The number of hydrogen-bond donors (Lipinski definition) is 1. The molecule has 0 saturated carbocycles. The van der Waals surface area contributed by atoms with E-state index in [1.165, 1.54) is 11.1 Å². The van der Waals surface area contributed by atoms with Gasteiger partial charge in [0.2, 0.25) is 0 Å². The van der Waals surface area contributed by atoms with Gasteiger partial charge in [-0.3, -0.25) is 0 Å². The third kappa shape index (κ3) is 1.83. The van der Waals surface area contributed by atoms with E-state index in [0.29, 0.717) is 12.5 Å². The molecule has 0 aromatic heterocycles. The first-order chi connectivity index (χ1) is 9.83. The van der Waals surface area contributed by atoms with Gasteiger partial charge in [0.15, 0.2) is 0 Å².